The molecule has 1 amide bonds. The van der Waals surface area contributed by atoms with E-state index in [-0.39, 0.29) is 17.1 Å². The van der Waals surface area contributed by atoms with Gasteiger partial charge in [-0.15, -0.1) is 0 Å². The van der Waals surface area contributed by atoms with E-state index in [1.165, 1.54) is 36.2 Å². The van der Waals surface area contributed by atoms with Crippen LogP contribution in [-0.4, -0.2) is 59.9 Å². The first-order valence-corrected chi connectivity index (χ1v) is 12.2. The topological polar surface area (TPSA) is 97.8 Å². The van der Waals surface area contributed by atoms with Crippen molar-refractivity contribution in [2.24, 2.45) is 0 Å². The van der Waals surface area contributed by atoms with Gasteiger partial charge in [0, 0.05) is 25.4 Å². The molecule has 2 rings (SSSR count). The highest BCUT2D eigenvalue weighted by molar-refractivity contribution is 7.91. The van der Waals surface area contributed by atoms with Crippen LogP contribution >= 0.6 is 0 Å². The largest absolute Gasteiger partial charge is 0.493 e. The summed E-state index contributed by atoms with van der Waals surface area (Å²) in [6, 6.07) is 10.4. The summed E-state index contributed by atoms with van der Waals surface area (Å²) < 4.78 is 76.6. The van der Waals surface area contributed by atoms with Crippen molar-refractivity contribution in [1.29, 1.82) is 0 Å². The molecule has 164 valence electrons. The molecule has 0 heterocycles. The number of nitrogens with zero attached hydrogens (tertiary/aromatic N) is 1. The summed E-state index contributed by atoms with van der Waals surface area (Å²) in [5.41, 5.74) is 0.160. The van der Waals surface area contributed by atoms with E-state index in [1.54, 1.807) is 12.1 Å². The molecule has 2 aromatic rings. The van der Waals surface area contributed by atoms with Gasteiger partial charge in [0.2, 0.25) is 9.84 Å². The molecule has 0 unspecified atom stereocenters. The van der Waals surface area contributed by atoms with Crippen LogP contribution in [-0.2, 0) is 19.7 Å². The summed E-state index contributed by atoms with van der Waals surface area (Å²) in [6.45, 7) is 0.540. The van der Waals surface area contributed by atoms with Crippen molar-refractivity contribution >= 4 is 25.6 Å². The molecule has 0 saturated carbocycles. The Bertz CT molecular complexity index is 1100. The molecule has 0 fully saturated rings. The SMILES string of the molecule is CN(CCCOc1cccc(S(C)(=O)=O)c1)C(=O)c1ccc(S(=O)(=O)C(F)F)cc1. The number of benzene rings is 2. The molecule has 11 heteroatoms. The molecule has 0 aromatic heterocycles. The van der Waals surface area contributed by atoms with Gasteiger partial charge in [0.15, 0.2) is 9.84 Å². The number of hydrogen-bond donors (Lipinski definition) is 0. The van der Waals surface area contributed by atoms with Crippen LogP contribution in [0.2, 0.25) is 0 Å². The summed E-state index contributed by atoms with van der Waals surface area (Å²) in [6.07, 6.45) is 1.55. The minimum atomic E-state index is -4.71. The van der Waals surface area contributed by atoms with Crippen LogP contribution in [0.5, 0.6) is 5.75 Å². The van der Waals surface area contributed by atoms with Crippen LogP contribution in [0.25, 0.3) is 0 Å². The van der Waals surface area contributed by atoms with Gasteiger partial charge in [0.05, 0.1) is 16.4 Å². The number of alkyl halides is 2. The van der Waals surface area contributed by atoms with E-state index in [4.69, 9.17) is 4.74 Å². The van der Waals surface area contributed by atoms with E-state index in [0.29, 0.717) is 18.7 Å². The molecule has 0 aliphatic rings. The average molecular weight is 462 g/mol. The van der Waals surface area contributed by atoms with Gasteiger partial charge in [-0.2, -0.15) is 8.78 Å². The Morgan fingerprint density at radius 3 is 2.23 bits per heavy atom. The van der Waals surface area contributed by atoms with E-state index in [1.807, 2.05) is 0 Å². The number of rotatable bonds is 9. The zero-order chi connectivity index (χ0) is 22.5. The number of sulfone groups is 2. The fourth-order valence-corrected chi connectivity index (χ4v) is 3.88. The highest BCUT2D eigenvalue weighted by atomic mass is 32.2. The molecular formula is C19H21F2NO6S2. The Morgan fingerprint density at radius 2 is 1.67 bits per heavy atom. The highest BCUT2D eigenvalue weighted by Crippen LogP contribution is 2.19. The van der Waals surface area contributed by atoms with Gasteiger partial charge < -0.3 is 9.64 Å². The molecule has 0 radical (unpaired) electrons. The molecule has 0 saturated heterocycles. The zero-order valence-electron chi connectivity index (χ0n) is 16.3. The van der Waals surface area contributed by atoms with Crippen molar-refractivity contribution in [3.05, 3.63) is 54.1 Å². The van der Waals surface area contributed by atoms with E-state index in [0.717, 1.165) is 18.4 Å². The predicted molar refractivity (Wildman–Crippen MR) is 106 cm³/mol. The Labute approximate surface area is 174 Å². The first-order valence-electron chi connectivity index (χ1n) is 8.73. The average Bonchev–Trinajstić information content (AvgIpc) is 2.70. The lowest BCUT2D eigenvalue weighted by atomic mass is 10.2. The highest BCUT2D eigenvalue weighted by Gasteiger charge is 2.26. The third kappa shape index (κ3) is 5.99. The van der Waals surface area contributed by atoms with Crippen LogP contribution in [0.1, 0.15) is 16.8 Å². The van der Waals surface area contributed by atoms with Crippen LogP contribution in [0, 0.1) is 0 Å². The van der Waals surface area contributed by atoms with E-state index >= 15 is 0 Å². The van der Waals surface area contributed by atoms with Crippen molar-refractivity contribution in [2.45, 2.75) is 22.0 Å². The molecule has 0 atom stereocenters. The van der Waals surface area contributed by atoms with Crippen molar-refractivity contribution in [3.63, 3.8) is 0 Å². The summed E-state index contributed by atoms with van der Waals surface area (Å²) in [7, 11) is -6.51. The Kier molecular flexibility index (Phi) is 7.54. The lowest BCUT2D eigenvalue weighted by Crippen LogP contribution is -2.28. The lowest BCUT2D eigenvalue weighted by Gasteiger charge is -2.17. The minimum absolute atomic E-state index is 0.143. The molecular weight excluding hydrogens is 440 g/mol. The predicted octanol–water partition coefficient (Wildman–Crippen LogP) is 2.63. The molecule has 7 nitrogen and oxygen atoms in total. The maximum Gasteiger partial charge on any atom is 0.341 e. The molecule has 2 aromatic carbocycles. The number of hydrogen-bond acceptors (Lipinski definition) is 6. The molecule has 0 N–H and O–H groups in total. The third-order valence-electron chi connectivity index (χ3n) is 4.15. The molecule has 0 aliphatic carbocycles. The number of halogens is 2. The lowest BCUT2D eigenvalue weighted by molar-refractivity contribution is 0.0787. The summed E-state index contributed by atoms with van der Waals surface area (Å²) >= 11 is 0. The normalized spacial score (nSPS) is 12.0. The summed E-state index contributed by atoms with van der Waals surface area (Å²) in [4.78, 5) is 13.4. The number of ether oxygens (including phenoxy) is 1. The quantitative estimate of drug-likeness (QED) is 0.533. The van der Waals surface area contributed by atoms with Gasteiger partial charge in [0.25, 0.3) is 5.91 Å². The Balaban J connectivity index is 1.89. The van der Waals surface area contributed by atoms with E-state index in [2.05, 4.69) is 0 Å². The van der Waals surface area contributed by atoms with Gasteiger partial charge in [-0.3, -0.25) is 4.79 Å². The number of carbonyl (C=O) groups is 1. The van der Waals surface area contributed by atoms with Gasteiger partial charge >= 0.3 is 5.76 Å². The van der Waals surface area contributed by atoms with Gasteiger partial charge in [-0.1, -0.05) is 6.07 Å². The van der Waals surface area contributed by atoms with Gasteiger partial charge in [0.1, 0.15) is 5.75 Å². The standard InChI is InChI=1S/C19H21F2NO6S2/c1-22(11-4-12-28-15-5-3-6-17(13-15)29(2,24)25)18(23)14-7-9-16(10-8-14)30(26,27)19(20)21/h3,5-10,13,19H,4,11-12H2,1-2H3. The van der Waals surface area contributed by atoms with Crippen LogP contribution in [0.4, 0.5) is 8.78 Å². The fraction of sp³-hybridized carbons (Fsp3) is 0.316. The maximum absolute atomic E-state index is 12.6. The van der Waals surface area contributed by atoms with Crippen LogP contribution in [0.15, 0.2) is 58.3 Å². The molecule has 30 heavy (non-hydrogen) atoms. The molecule has 0 bridgehead atoms. The van der Waals surface area contributed by atoms with Crippen molar-refractivity contribution in [1.82, 2.24) is 4.90 Å². The van der Waals surface area contributed by atoms with E-state index in [9.17, 15) is 30.4 Å². The first kappa shape index (κ1) is 23.7. The second-order valence-electron chi connectivity index (χ2n) is 6.51. The second-order valence-corrected chi connectivity index (χ2v) is 10.4. The second kappa shape index (κ2) is 9.52. The molecule has 0 spiro atoms. The van der Waals surface area contributed by atoms with Crippen molar-refractivity contribution in [3.8, 4) is 5.75 Å². The van der Waals surface area contributed by atoms with Crippen LogP contribution in [0.3, 0.4) is 0 Å². The zero-order valence-corrected chi connectivity index (χ0v) is 17.9. The monoisotopic (exact) mass is 461 g/mol. The minimum Gasteiger partial charge on any atom is -0.493 e. The Hall–Kier alpha value is -2.53. The first-order chi connectivity index (χ1) is 13.9. The van der Waals surface area contributed by atoms with Crippen molar-refractivity contribution in [2.75, 3.05) is 26.5 Å². The maximum atomic E-state index is 12.6. The molecule has 0 aliphatic heterocycles. The van der Waals surface area contributed by atoms with Crippen molar-refractivity contribution < 1.29 is 35.1 Å². The van der Waals surface area contributed by atoms with Gasteiger partial charge in [-0.25, -0.2) is 16.8 Å². The Morgan fingerprint density at radius 1 is 1.03 bits per heavy atom. The third-order valence-corrected chi connectivity index (χ3v) is 6.66. The smallest absolute Gasteiger partial charge is 0.341 e. The van der Waals surface area contributed by atoms with E-state index < -0.39 is 36.2 Å². The van der Waals surface area contributed by atoms with Gasteiger partial charge in [-0.05, 0) is 48.9 Å². The van der Waals surface area contributed by atoms with Crippen LogP contribution < -0.4 is 4.74 Å². The summed E-state index contributed by atoms with van der Waals surface area (Å²) in [5.74, 6) is -3.54. The summed E-state index contributed by atoms with van der Waals surface area (Å²) in [5, 5.41) is 0. The number of carbonyl (C=O) groups excluding carboxylic acids is 1. The fourth-order valence-electron chi connectivity index (χ4n) is 2.50. The number of amides is 1.